The van der Waals surface area contributed by atoms with Gasteiger partial charge in [0.15, 0.2) is 5.82 Å². The molecule has 0 spiro atoms. The van der Waals surface area contributed by atoms with E-state index < -0.39 is 0 Å². The van der Waals surface area contributed by atoms with Crippen molar-refractivity contribution < 1.29 is 0 Å². The lowest BCUT2D eigenvalue weighted by atomic mass is 9.92. The second kappa shape index (κ2) is 4.74. The van der Waals surface area contributed by atoms with Crippen LogP contribution >= 0.6 is 0 Å². The van der Waals surface area contributed by atoms with Gasteiger partial charge in [-0.2, -0.15) is 5.10 Å². The number of nitrogens with two attached hydrogens (primary N) is 1. The Morgan fingerprint density at radius 3 is 2.85 bits per heavy atom. The zero-order chi connectivity index (χ0) is 14.3. The van der Waals surface area contributed by atoms with Crippen molar-refractivity contribution in [3.8, 4) is 0 Å². The molecule has 1 fully saturated rings. The van der Waals surface area contributed by atoms with Crippen LogP contribution in [0.25, 0.3) is 5.52 Å². The zero-order valence-electron chi connectivity index (χ0n) is 12.5. The van der Waals surface area contributed by atoms with Crippen LogP contribution in [0.3, 0.4) is 0 Å². The van der Waals surface area contributed by atoms with Crippen molar-refractivity contribution in [3.63, 3.8) is 0 Å². The molecule has 1 aliphatic heterocycles. The van der Waals surface area contributed by atoms with E-state index in [-0.39, 0.29) is 11.5 Å². The number of hydrogen-bond acceptors (Lipinski definition) is 4. The lowest BCUT2D eigenvalue weighted by molar-refractivity contribution is 0.503. The molecular weight excluding hydrogens is 250 g/mol. The summed E-state index contributed by atoms with van der Waals surface area (Å²) in [5.74, 6) is 1.01. The Morgan fingerprint density at radius 2 is 2.15 bits per heavy atom. The lowest BCUT2D eigenvalue weighted by Crippen LogP contribution is -2.43. The number of piperidine rings is 1. The average Bonchev–Trinajstić information content (AvgIpc) is 2.82. The quantitative estimate of drug-likeness (QED) is 0.863. The third-order valence-corrected chi connectivity index (χ3v) is 3.90. The van der Waals surface area contributed by atoms with Crippen LogP contribution in [0.1, 0.15) is 39.3 Å². The third kappa shape index (κ3) is 2.38. The first-order chi connectivity index (χ1) is 9.45. The van der Waals surface area contributed by atoms with Crippen molar-refractivity contribution in [1.82, 2.24) is 14.6 Å². The maximum atomic E-state index is 6.09. The van der Waals surface area contributed by atoms with E-state index in [4.69, 9.17) is 5.73 Å². The summed E-state index contributed by atoms with van der Waals surface area (Å²) in [6.45, 7) is 8.44. The van der Waals surface area contributed by atoms with Crippen LogP contribution in [0.15, 0.2) is 18.5 Å². The molecule has 0 aliphatic carbocycles. The maximum Gasteiger partial charge on any atom is 0.154 e. The molecule has 0 radical (unpaired) electrons. The van der Waals surface area contributed by atoms with E-state index in [0.717, 1.165) is 43.0 Å². The molecule has 20 heavy (non-hydrogen) atoms. The number of nitrogens with zero attached hydrogens (tertiary/aromatic N) is 4. The van der Waals surface area contributed by atoms with Crippen molar-refractivity contribution in [3.05, 3.63) is 24.2 Å². The number of rotatable bonds is 1. The van der Waals surface area contributed by atoms with Crippen LogP contribution in [0.2, 0.25) is 0 Å². The number of anilines is 1. The smallest absolute Gasteiger partial charge is 0.154 e. The van der Waals surface area contributed by atoms with Crippen molar-refractivity contribution in [1.29, 1.82) is 0 Å². The summed E-state index contributed by atoms with van der Waals surface area (Å²) in [6.07, 6.45) is 5.97. The molecule has 1 aliphatic rings. The van der Waals surface area contributed by atoms with E-state index in [1.807, 2.05) is 16.9 Å². The van der Waals surface area contributed by atoms with Gasteiger partial charge in [0, 0.05) is 36.9 Å². The van der Waals surface area contributed by atoms with Gasteiger partial charge in [-0.3, -0.25) is 0 Å². The van der Waals surface area contributed by atoms with Crippen LogP contribution in [0, 0.1) is 0 Å². The number of hydrogen-bond donors (Lipinski definition) is 1. The van der Waals surface area contributed by atoms with Crippen LogP contribution < -0.4 is 10.6 Å². The highest BCUT2D eigenvalue weighted by Crippen LogP contribution is 2.27. The third-order valence-electron chi connectivity index (χ3n) is 3.90. The fraction of sp³-hybridized carbons (Fsp3) is 0.600. The van der Waals surface area contributed by atoms with Crippen LogP contribution in [0.4, 0.5) is 5.82 Å². The second-order valence-corrected chi connectivity index (χ2v) is 6.71. The Balaban J connectivity index is 2.04. The molecule has 0 bridgehead atoms. The van der Waals surface area contributed by atoms with Gasteiger partial charge < -0.3 is 10.6 Å². The Morgan fingerprint density at radius 1 is 1.35 bits per heavy atom. The fourth-order valence-corrected chi connectivity index (χ4v) is 2.72. The SMILES string of the molecule is CC(C)(C)c1cc2c(N3CCC[C@@H](N)C3)nccn2n1. The molecule has 2 N–H and O–H groups in total. The molecule has 1 saturated heterocycles. The normalized spacial score (nSPS) is 20.6. The van der Waals surface area contributed by atoms with Gasteiger partial charge in [-0.25, -0.2) is 9.50 Å². The van der Waals surface area contributed by atoms with Gasteiger partial charge in [-0.1, -0.05) is 20.8 Å². The lowest BCUT2D eigenvalue weighted by Gasteiger charge is -2.31. The molecule has 2 aromatic rings. The molecule has 0 unspecified atom stereocenters. The van der Waals surface area contributed by atoms with Crippen molar-refractivity contribution in [2.24, 2.45) is 5.73 Å². The first-order valence-electron chi connectivity index (χ1n) is 7.30. The Hall–Kier alpha value is -1.62. The zero-order valence-corrected chi connectivity index (χ0v) is 12.5. The predicted octanol–water partition coefficient (Wildman–Crippen LogP) is 1.95. The highest BCUT2D eigenvalue weighted by atomic mass is 15.3. The van der Waals surface area contributed by atoms with E-state index >= 15 is 0 Å². The standard InChI is InChI=1S/C15H23N5/c1-15(2,3)13-9-12-14(17-6-8-20(12)18-13)19-7-4-5-11(16)10-19/h6,8-9,11H,4-5,7,10,16H2,1-3H3/t11-/m1/s1. The van der Waals surface area contributed by atoms with Gasteiger partial charge in [0.05, 0.1) is 5.69 Å². The molecule has 5 nitrogen and oxygen atoms in total. The molecule has 5 heteroatoms. The molecule has 1 atom stereocenters. The van der Waals surface area contributed by atoms with E-state index in [1.54, 1.807) is 0 Å². The van der Waals surface area contributed by atoms with E-state index in [2.05, 4.69) is 41.8 Å². The molecule has 3 rings (SSSR count). The minimum Gasteiger partial charge on any atom is -0.353 e. The largest absolute Gasteiger partial charge is 0.353 e. The summed E-state index contributed by atoms with van der Waals surface area (Å²) in [5.41, 5.74) is 8.30. The summed E-state index contributed by atoms with van der Waals surface area (Å²) >= 11 is 0. The Bertz CT molecular complexity index is 610. The molecule has 3 heterocycles. The molecule has 108 valence electrons. The first kappa shape index (κ1) is 13.4. The van der Waals surface area contributed by atoms with Crippen molar-refractivity contribution in [2.45, 2.75) is 45.1 Å². The second-order valence-electron chi connectivity index (χ2n) is 6.71. The molecule has 0 amide bonds. The van der Waals surface area contributed by atoms with Gasteiger partial charge in [0.1, 0.15) is 5.52 Å². The molecule has 2 aromatic heterocycles. The summed E-state index contributed by atoms with van der Waals surface area (Å²) in [5, 5.41) is 4.68. The summed E-state index contributed by atoms with van der Waals surface area (Å²) < 4.78 is 1.93. The van der Waals surface area contributed by atoms with Gasteiger partial charge in [0.25, 0.3) is 0 Å². The van der Waals surface area contributed by atoms with Crippen LogP contribution in [0.5, 0.6) is 0 Å². The van der Waals surface area contributed by atoms with Gasteiger partial charge >= 0.3 is 0 Å². The maximum absolute atomic E-state index is 6.09. The van der Waals surface area contributed by atoms with E-state index in [0.29, 0.717) is 0 Å². The van der Waals surface area contributed by atoms with Crippen LogP contribution in [-0.4, -0.2) is 33.7 Å². The Kier molecular flexibility index (Phi) is 3.17. The average molecular weight is 273 g/mol. The minimum absolute atomic E-state index is 0.0432. The fourth-order valence-electron chi connectivity index (χ4n) is 2.72. The van der Waals surface area contributed by atoms with Crippen molar-refractivity contribution >= 4 is 11.3 Å². The molecule has 0 saturated carbocycles. The highest BCUT2D eigenvalue weighted by molar-refractivity contribution is 5.69. The van der Waals surface area contributed by atoms with E-state index in [9.17, 15) is 0 Å². The van der Waals surface area contributed by atoms with Crippen LogP contribution in [-0.2, 0) is 5.41 Å². The number of aromatic nitrogens is 3. The van der Waals surface area contributed by atoms with E-state index in [1.165, 1.54) is 0 Å². The van der Waals surface area contributed by atoms with Gasteiger partial charge in [-0.05, 0) is 18.9 Å². The van der Waals surface area contributed by atoms with Gasteiger partial charge in [-0.15, -0.1) is 0 Å². The van der Waals surface area contributed by atoms with Crippen molar-refractivity contribution in [2.75, 3.05) is 18.0 Å². The topological polar surface area (TPSA) is 59.5 Å². The summed E-state index contributed by atoms with van der Waals surface area (Å²) in [7, 11) is 0. The highest BCUT2D eigenvalue weighted by Gasteiger charge is 2.23. The monoisotopic (exact) mass is 273 g/mol. The van der Waals surface area contributed by atoms with Gasteiger partial charge in [0.2, 0.25) is 0 Å². The Labute approximate surface area is 119 Å². The summed E-state index contributed by atoms with van der Waals surface area (Å²) in [4.78, 5) is 6.86. The summed E-state index contributed by atoms with van der Waals surface area (Å²) in [6, 6.07) is 2.40. The minimum atomic E-state index is 0.0432. The first-order valence-corrected chi connectivity index (χ1v) is 7.30. The molecular formula is C15H23N5. The number of fused-ring (bicyclic) bond motifs is 1. The predicted molar refractivity (Wildman–Crippen MR) is 81.1 cm³/mol. The molecule has 0 aromatic carbocycles.